The van der Waals surface area contributed by atoms with Crippen LogP contribution in [0.2, 0.25) is 0 Å². The maximum Gasteiger partial charge on any atom is 0.269 e. The number of likely N-dealkylation sites (tertiary alicyclic amines) is 1. The lowest BCUT2D eigenvalue weighted by Crippen LogP contribution is -2.51. The second-order valence-corrected chi connectivity index (χ2v) is 11.3. The van der Waals surface area contributed by atoms with Gasteiger partial charge in [-0.05, 0) is 77.6 Å². The average Bonchev–Trinajstić information content (AvgIpc) is 2.82. The van der Waals surface area contributed by atoms with Gasteiger partial charge in [0, 0.05) is 35.3 Å². The summed E-state index contributed by atoms with van der Waals surface area (Å²) < 4.78 is 29.3. The highest BCUT2D eigenvalue weighted by molar-refractivity contribution is 14.1. The van der Waals surface area contributed by atoms with E-state index in [1.54, 1.807) is 17.0 Å². The minimum absolute atomic E-state index is 0.0116. The van der Waals surface area contributed by atoms with Gasteiger partial charge in [0.25, 0.3) is 5.69 Å². The summed E-state index contributed by atoms with van der Waals surface area (Å²) in [6.45, 7) is 1.54. The number of nitro benzene ring substituents is 1. The number of benzene rings is 2. The number of piperidine rings is 1. The summed E-state index contributed by atoms with van der Waals surface area (Å²) in [5.74, 6) is -0.441. The van der Waals surface area contributed by atoms with E-state index in [1.165, 1.54) is 36.4 Å². The number of carbonyl (C=O) groups is 1. The monoisotopic (exact) mass is 614 g/mol. The molecule has 0 bridgehead atoms. The molecule has 1 aliphatic rings. The third-order valence-electron chi connectivity index (χ3n) is 5.75. The summed E-state index contributed by atoms with van der Waals surface area (Å²) in [7, 11) is -4.00. The quantitative estimate of drug-likeness (QED) is 0.110. The number of nitrogens with zero attached hydrogens (tertiary/aromatic N) is 2. The van der Waals surface area contributed by atoms with E-state index in [9.17, 15) is 23.3 Å². The predicted octanol–water partition coefficient (Wildman–Crippen LogP) is 1.81. The number of nitrogens with two attached hydrogens (primary N) is 1. The highest BCUT2D eigenvalue weighted by Gasteiger charge is 2.28. The standard InChI is InChI=1S/C22H27IN6O5S/c23-17-5-9-19(10-6-17)35(33,34)27-20(12-15-3-7-18(8-4-15)29(31)32)21(30)26-13-16-2-1-11-28(14-16)22(24)25/h3-10,16,20,27H,1-2,11-14H2,(H3,24,25)(H,26,30)/t16-,20+/m0/s1. The fourth-order valence-electron chi connectivity index (χ4n) is 3.87. The first-order valence-corrected chi connectivity index (χ1v) is 13.5. The first-order chi connectivity index (χ1) is 16.5. The van der Waals surface area contributed by atoms with E-state index in [2.05, 4.69) is 32.6 Å². The third kappa shape index (κ3) is 7.60. The number of hydrogen-bond donors (Lipinski definition) is 4. The zero-order valence-electron chi connectivity index (χ0n) is 18.8. The third-order valence-corrected chi connectivity index (χ3v) is 7.96. The molecule has 2 atom stereocenters. The highest BCUT2D eigenvalue weighted by atomic mass is 127. The predicted molar refractivity (Wildman–Crippen MR) is 139 cm³/mol. The van der Waals surface area contributed by atoms with Crippen molar-refractivity contribution in [2.24, 2.45) is 11.7 Å². The minimum atomic E-state index is -4.00. The van der Waals surface area contributed by atoms with Crippen molar-refractivity contribution in [3.63, 3.8) is 0 Å². The Kier molecular flexibility index (Phi) is 9.02. The van der Waals surface area contributed by atoms with Crippen LogP contribution in [0, 0.1) is 25.0 Å². The number of sulfonamides is 1. The van der Waals surface area contributed by atoms with Crippen molar-refractivity contribution in [2.75, 3.05) is 19.6 Å². The molecule has 0 unspecified atom stereocenters. The molecule has 1 amide bonds. The van der Waals surface area contributed by atoms with Crippen LogP contribution in [-0.2, 0) is 21.2 Å². The van der Waals surface area contributed by atoms with E-state index in [4.69, 9.17) is 11.1 Å². The number of nitrogens with one attached hydrogen (secondary N) is 3. The number of hydrogen-bond acceptors (Lipinski definition) is 6. The number of nitro groups is 1. The number of carbonyl (C=O) groups excluding carboxylic acids is 1. The van der Waals surface area contributed by atoms with Crippen molar-refractivity contribution in [3.05, 3.63) is 67.8 Å². The molecule has 1 heterocycles. The van der Waals surface area contributed by atoms with Crippen LogP contribution in [0.3, 0.4) is 0 Å². The lowest BCUT2D eigenvalue weighted by Gasteiger charge is -2.33. The fraction of sp³-hybridized carbons (Fsp3) is 0.364. The topological polar surface area (TPSA) is 172 Å². The van der Waals surface area contributed by atoms with Crippen molar-refractivity contribution < 1.29 is 18.1 Å². The van der Waals surface area contributed by atoms with Gasteiger partial charge in [-0.1, -0.05) is 12.1 Å². The number of non-ortho nitro benzene ring substituents is 1. The zero-order chi connectivity index (χ0) is 25.6. The van der Waals surface area contributed by atoms with Crippen LogP contribution < -0.4 is 15.8 Å². The average molecular weight is 614 g/mol. The van der Waals surface area contributed by atoms with E-state index in [1.807, 2.05) is 0 Å². The Morgan fingerprint density at radius 3 is 2.49 bits per heavy atom. The molecule has 1 fully saturated rings. The molecule has 0 aromatic heterocycles. The van der Waals surface area contributed by atoms with Crippen molar-refractivity contribution in [2.45, 2.75) is 30.2 Å². The molecule has 35 heavy (non-hydrogen) atoms. The van der Waals surface area contributed by atoms with Crippen LogP contribution in [0.1, 0.15) is 18.4 Å². The highest BCUT2D eigenvalue weighted by Crippen LogP contribution is 2.18. The molecular weight excluding hydrogens is 587 g/mol. The molecule has 0 aliphatic carbocycles. The molecular formula is C22H27IN6O5S. The SMILES string of the molecule is N=C(N)N1CCC[C@@H](CNC(=O)[C@@H](Cc2ccc([N+](=O)[O-])cc2)NS(=O)(=O)c2ccc(I)cc2)C1. The van der Waals surface area contributed by atoms with Crippen LogP contribution in [0.25, 0.3) is 0 Å². The molecule has 2 aromatic rings. The first kappa shape index (κ1) is 26.8. The summed E-state index contributed by atoms with van der Waals surface area (Å²) in [5, 5.41) is 21.4. The molecule has 3 rings (SSSR count). The molecule has 0 saturated carbocycles. The van der Waals surface area contributed by atoms with Gasteiger partial charge in [0.1, 0.15) is 6.04 Å². The molecule has 5 N–H and O–H groups in total. The molecule has 13 heteroatoms. The number of rotatable bonds is 9. The van der Waals surface area contributed by atoms with Gasteiger partial charge >= 0.3 is 0 Å². The summed E-state index contributed by atoms with van der Waals surface area (Å²) in [6, 6.07) is 10.7. The smallest absolute Gasteiger partial charge is 0.269 e. The number of amides is 1. The van der Waals surface area contributed by atoms with Crippen molar-refractivity contribution in [3.8, 4) is 0 Å². The Hall–Kier alpha value is -2.78. The van der Waals surface area contributed by atoms with Crippen LogP contribution in [-0.4, -0.2) is 55.8 Å². The van der Waals surface area contributed by atoms with E-state index in [0.717, 1.165) is 16.4 Å². The lowest BCUT2D eigenvalue weighted by atomic mass is 9.98. The Balaban J connectivity index is 1.75. The van der Waals surface area contributed by atoms with E-state index >= 15 is 0 Å². The summed E-state index contributed by atoms with van der Waals surface area (Å²) >= 11 is 2.07. The lowest BCUT2D eigenvalue weighted by molar-refractivity contribution is -0.384. The second kappa shape index (κ2) is 11.8. The van der Waals surface area contributed by atoms with Gasteiger partial charge in [-0.3, -0.25) is 20.3 Å². The van der Waals surface area contributed by atoms with Crippen LogP contribution >= 0.6 is 22.6 Å². The largest absolute Gasteiger partial charge is 0.370 e. The Bertz CT molecular complexity index is 1170. The summed E-state index contributed by atoms with van der Waals surface area (Å²) in [5.41, 5.74) is 6.06. The van der Waals surface area contributed by atoms with Gasteiger partial charge in [-0.15, -0.1) is 0 Å². The molecule has 188 valence electrons. The first-order valence-electron chi connectivity index (χ1n) is 10.9. The Labute approximate surface area is 217 Å². The van der Waals surface area contributed by atoms with Gasteiger partial charge < -0.3 is 16.0 Å². The van der Waals surface area contributed by atoms with E-state index in [0.29, 0.717) is 25.2 Å². The maximum absolute atomic E-state index is 13.1. The minimum Gasteiger partial charge on any atom is -0.370 e. The summed E-state index contributed by atoms with van der Waals surface area (Å²) in [6.07, 6.45) is 1.70. The molecule has 2 aromatic carbocycles. The van der Waals surface area contributed by atoms with Crippen LogP contribution in [0.5, 0.6) is 0 Å². The Morgan fingerprint density at radius 1 is 1.23 bits per heavy atom. The van der Waals surface area contributed by atoms with Gasteiger partial charge in [0.15, 0.2) is 5.96 Å². The van der Waals surface area contributed by atoms with Crippen molar-refractivity contribution >= 4 is 50.2 Å². The number of guanidine groups is 1. The molecule has 1 saturated heterocycles. The fourth-order valence-corrected chi connectivity index (χ4v) is 5.42. The molecule has 1 aliphatic heterocycles. The van der Waals surface area contributed by atoms with E-state index < -0.39 is 26.9 Å². The van der Waals surface area contributed by atoms with Gasteiger partial charge in [-0.2, -0.15) is 4.72 Å². The second-order valence-electron chi connectivity index (χ2n) is 8.34. The molecule has 11 nitrogen and oxygen atoms in total. The van der Waals surface area contributed by atoms with Crippen LogP contribution in [0.15, 0.2) is 53.4 Å². The van der Waals surface area contributed by atoms with Crippen LogP contribution in [0.4, 0.5) is 5.69 Å². The normalized spacial score (nSPS) is 16.9. The van der Waals surface area contributed by atoms with Crippen molar-refractivity contribution in [1.82, 2.24) is 14.9 Å². The van der Waals surface area contributed by atoms with Gasteiger partial charge in [0.05, 0.1) is 9.82 Å². The zero-order valence-corrected chi connectivity index (χ0v) is 21.8. The van der Waals surface area contributed by atoms with E-state index in [-0.39, 0.29) is 28.9 Å². The maximum atomic E-state index is 13.1. The van der Waals surface area contributed by atoms with Gasteiger partial charge in [-0.25, -0.2) is 8.42 Å². The van der Waals surface area contributed by atoms with Gasteiger partial charge in [0.2, 0.25) is 15.9 Å². The number of halogens is 1. The molecule has 0 radical (unpaired) electrons. The molecule has 0 spiro atoms. The van der Waals surface area contributed by atoms with Crippen molar-refractivity contribution in [1.29, 1.82) is 5.41 Å². The summed E-state index contributed by atoms with van der Waals surface area (Å²) in [4.78, 5) is 25.3. The Morgan fingerprint density at radius 2 is 1.89 bits per heavy atom.